The lowest BCUT2D eigenvalue weighted by Crippen LogP contribution is -1.96. The molecule has 0 amide bonds. The van der Waals surface area contributed by atoms with Crippen molar-refractivity contribution in [3.8, 4) is 5.88 Å². The van der Waals surface area contributed by atoms with Crippen molar-refractivity contribution in [3.05, 3.63) is 18.1 Å². The van der Waals surface area contributed by atoms with Crippen LogP contribution in [0.15, 0.2) is 12.5 Å². The Balaban J connectivity index is 2.62. The number of hydrogen-bond acceptors (Lipinski definition) is 3. The van der Waals surface area contributed by atoms with Gasteiger partial charge in [-0.1, -0.05) is 6.92 Å². The predicted molar refractivity (Wildman–Crippen MR) is 54.4 cm³/mol. The third-order valence-electron chi connectivity index (χ3n) is 2.18. The zero-order valence-corrected chi connectivity index (χ0v) is 8.37. The van der Waals surface area contributed by atoms with Gasteiger partial charge in [0.2, 0.25) is 5.88 Å². The Morgan fingerprint density at radius 1 is 1.36 bits per heavy atom. The Hall–Kier alpha value is -1.58. The Morgan fingerprint density at radius 3 is 2.93 bits per heavy atom. The number of H-pyrrole nitrogens is 1. The van der Waals surface area contributed by atoms with Gasteiger partial charge in [0, 0.05) is 6.20 Å². The smallest absolute Gasteiger partial charge is 0.226 e. The van der Waals surface area contributed by atoms with Gasteiger partial charge in [-0.05, 0) is 18.9 Å². The molecule has 74 valence electrons. The van der Waals surface area contributed by atoms with E-state index in [-0.39, 0.29) is 0 Å². The third-order valence-corrected chi connectivity index (χ3v) is 2.18. The van der Waals surface area contributed by atoms with Gasteiger partial charge in [-0.25, -0.2) is 9.97 Å². The number of aromatic amines is 1. The van der Waals surface area contributed by atoms with Gasteiger partial charge in [0.25, 0.3) is 0 Å². The van der Waals surface area contributed by atoms with Crippen LogP contribution in [0.25, 0.3) is 11.0 Å². The van der Waals surface area contributed by atoms with Gasteiger partial charge < -0.3 is 9.72 Å². The quantitative estimate of drug-likeness (QED) is 0.806. The summed E-state index contributed by atoms with van der Waals surface area (Å²) in [6.45, 7) is 4.68. The van der Waals surface area contributed by atoms with Crippen LogP contribution in [0.1, 0.15) is 19.4 Å². The molecule has 0 saturated heterocycles. The van der Waals surface area contributed by atoms with Crippen LogP contribution in [-0.2, 0) is 6.42 Å². The minimum atomic E-state index is 0.625. The zero-order valence-electron chi connectivity index (χ0n) is 8.37. The molecule has 4 heteroatoms. The van der Waals surface area contributed by atoms with Crippen LogP contribution < -0.4 is 4.74 Å². The number of fused-ring (bicyclic) bond motifs is 1. The first kappa shape index (κ1) is 8.99. The van der Waals surface area contributed by atoms with E-state index in [1.807, 2.05) is 13.1 Å². The molecule has 0 atom stereocenters. The summed E-state index contributed by atoms with van der Waals surface area (Å²) < 4.78 is 5.45. The number of nitrogens with zero attached hydrogens (tertiary/aromatic N) is 2. The number of rotatable bonds is 3. The van der Waals surface area contributed by atoms with Crippen LogP contribution in [0, 0.1) is 0 Å². The molecule has 4 nitrogen and oxygen atoms in total. The second-order valence-corrected chi connectivity index (χ2v) is 3.00. The number of aromatic nitrogens is 3. The second-order valence-electron chi connectivity index (χ2n) is 3.00. The summed E-state index contributed by atoms with van der Waals surface area (Å²) in [7, 11) is 0. The van der Waals surface area contributed by atoms with Crippen LogP contribution in [0.4, 0.5) is 0 Å². The molecule has 0 fully saturated rings. The molecule has 0 saturated carbocycles. The summed E-state index contributed by atoms with van der Waals surface area (Å²) in [6.07, 6.45) is 4.43. The number of aryl methyl sites for hydroxylation is 1. The molecule has 0 aliphatic heterocycles. The lowest BCUT2D eigenvalue weighted by Gasteiger charge is -2.03. The van der Waals surface area contributed by atoms with Gasteiger partial charge in [-0.15, -0.1) is 0 Å². The maximum absolute atomic E-state index is 5.45. The largest absolute Gasteiger partial charge is 0.477 e. The molecule has 0 aliphatic rings. The lowest BCUT2D eigenvalue weighted by molar-refractivity contribution is 0.330. The molecule has 14 heavy (non-hydrogen) atoms. The van der Waals surface area contributed by atoms with Crippen molar-refractivity contribution in [2.45, 2.75) is 20.3 Å². The van der Waals surface area contributed by atoms with E-state index < -0.39 is 0 Å². The van der Waals surface area contributed by atoms with Gasteiger partial charge in [-0.2, -0.15) is 0 Å². The molecule has 2 aromatic heterocycles. The highest BCUT2D eigenvalue weighted by Gasteiger charge is 2.09. The summed E-state index contributed by atoms with van der Waals surface area (Å²) in [6, 6.07) is 0. The average molecular weight is 191 g/mol. The molecular formula is C10H13N3O. The molecule has 0 aliphatic carbocycles. The van der Waals surface area contributed by atoms with Gasteiger partial charge in [0.15, 0.2) is 0 Å². The van der Waals surface area contributed by atoms with E-state index in [1.165, 1.54) is 11.9 Å². The molecular weight excluding hydrogens is 178 g/mol. The van der Waals surface area contributed by atoms with Crippen molar-refractivity contribution in [2.24, 2.45) is 0 Å². The maximum Gasteiger partial charge on any atom is 0.226 e. The van der Waals surface area contributed by atoms with Crippen molar-refractivity contribution in [2.75, 3.05) is 6.61 Å². The van der Waals surface area contributed by atoms with Crippen LogP contribution in [0.3, 0.4) is 0 Å². The van der Waals surface area contributed by atoms with E-state index in [1.54, 1.807) is 0 Å². The highest BCUT2D eigenvalue weighted by Crippen LogP contribution is 2.25. The standard InChI is InChI=1S/C10H13N3O/c1-3-7-5-11-9-8(7)10(14-4-2)13-6-12-9/h5-6H,3-4H2,1-2H3,(H,11,12,13). The molecule has 0 bridgehead atoms. The van der Waals surface area contributed by atoms with E-state index in [0.717, 1.165) is 17.5 Å². The van der Waals surface area contributed by atoms with Gasteiger partial charge in [0.05, 0.1) is 12.0 Å². The van der Waals surface area contributed by atoms with Gasteiger partial charge in [-0.3, -0.25) is 0 Å². The van der Waals surface area contributed by atoms with Crippen molar-refractivity contribution < 1.29 is 4.74 Å². The normalized spacial score (nSPS) is 10.7. The van der Waals surface area contributed by atoms with Crippen LogP contribution >= 0.6 is 0 Å². The van der Waals surface area contributed by atoms with Gasteiger partial charge in [0.1, 0.15) is 12.0 Å². The Morgan fingerprint density at radius 2 is 2.21 bits per heavy atom. The molecule has 0 radical (unpaired) electrons. The van der Waals surface area contributed by atoms with E-state index in [2.05, 4.69) is 21.9 Å². The SMILES string of the molecule is CCOc1ncnc2[nH]cc(CC)c12. The summed E-state index contributed by atoms with van der Waals surface area (Å²) >= 11 is 0. The fourth-order valence-corrected chi connectivity index (χ4v) is 1.52. The molecule has 0 unspecified atom stereocenters. The first-order valence-electron chi connectivity index (χ1n) is 4.80. The second kappa shape index (κ2) is 3.65. The van der Waals surface area contributed by atoms with Crippen LogP contribution in [-0.4, -0.2) is 21.6 Å². The van der Waals surface area contributed by atoms with Crippen molar-refractivity contribution >= 4 is 11.0 Å². The molecule has 0 aromatic carbocycles. The average Bonchev–Trinajstić information content (AvgIpc) is 2.62. The molecule has 0 spiro atoms. The Kier molecular flexibility index (Phi) is 2.35. The topological polar surface area (TPSA) is 50.8 Å². The third kappa shape index (κ3) is 1.32. The minimum Gasteiger partial charge on any atom is -0.477 e. The van der Waals surface area contributed by atoms with Gasteiger partial charge >= 0.3 is 0 Å². The van der Waals surface area contributed by atoms with Crippen molar-refractivity contribution in [1.29, 1.82) is 0 Å². The fraction of sp³-hybridized carbons (Fsp3) is 0.400. The molecule has 2 rings (SSSR count). The van der Waals surface area contributed by atoms with E-state index >= 15 is 0 Å². The first-order chi connectivity index (χ1) is 6.86. The van der Waals surface area contributed by atoms with Crippen LogP contribution in [0.5, 0.6) is 5.88 Å². The monoisotopic (exact) mass is 191 g/mol. The van der Waals surface area contributed by atoms with Crippen molar-refractivity contribution in [1.82, 2.24) is 15.0 Å². The highest BCUT2D eigenvalue weighted by molar-refractivity contribution is 5.84. The first-order valence-corrected chi connectivity index (χ1v) is 4.80. The molecule has 2 aromatic rings. The Labute approximate surface area is 82.3 Å². The van der Waals surface area contributed by atoms with E-state index in [0.29, 0.717) is 12.5 Å². The molecule has 1 N–H and O–H groups in total. The lowest BCUT2D eigenvalue weighted by atomic mass is 10.2. The summed E-state index contributed by atoms with van der Waals surface area (Å²) in [5.41, 5.74) is 2.05. The van der Waals surface area contributed by atoms with E-state index in [9.17, 15) is 0 Å². The van der Waals surface area contributed by atoms with E-state index in [4.69, 9.17) is 4.74 Å². The fourth-order valence-electron chi connectivity index (χ4n) is 1.52. The van der Waals surface area contributed by atoms with Crippen LogP contribution in [0.2, 0.25) is 0 Å². The Bertz CT molecular complexity index is 436. The number of hydrogen-bond donors (Lipinski definition) is 1. The number of nitrogens with one attached hydrogen (secondary N) is 1. The number of ether oxygens (including phenoxy) is 1. The molecule has 2 heterocycles. The summed E-state index contributed by atoms with van der Waals surface area (Å²) in [5, 5.41) is 1.01. The van der Waals surface area contributed by atoms with Crippen molar-refractivity contribution in [3.63, 3.8) is 0 Å². The predicted octanol–water partition coefficient (Wildman–Crippen LogP) is 1.92. The maximum atomic E-state index is 5.45. The minimum absolute atomic E-state index is 0.625. The highest BCUT2D eigenvalue weighted by atomic mass is 16.5. The summed E-state index contributed by atoms with van der Waals surface area (Å²) in [5.74, 6) is 0.676. The zero-order chi connectivity index (χ0) is 9.97. The summed E-state index contributed by atoms with van der Waals surface area (Å²) in [4.78, 5) is 11.4.